The summed E-state index contributed by atoms with van der Waals surface area (Å²) in [5.41, 5.74) is 3.70. The highest BCUT2D eigenvalue weighted by Gasteiger charge is 2.33. The molecular formula is C15H27N5. The first-order chi connectivity index (χ1) is 9.42. The van der Waals surface area contributed by atoms with Crippen LogP contribution in [0.4, 0.5) is 0 Å². The minimum atomic E-state index is 0.330. The van der Waals surface area contributed by atoms with E-state index in [1.807, 2.05) is 18.8 Å². The highest BCUT2D eigenvalue weighted by molar-refractivity contribution is 5.80. The van der Waals surface area contributed by atoms with Crippen LogP contribution in [0.2, 0.25) is 0 Å². The monoisotopic (exact) mass is 277 g/mol. The average molecular weight is 277 g/mol. The smallest absolute Gasteiger partial charge is 0.191 e. The summed E-state index contributed by atoms with van der Waals surface area (Å²) in [5.74, 6) is 1.68. The van der Waals surface area contributed by atoms with Crippen LogP contribution in [0, 0.1) is 19.8 Å². The van der Waals surface area contributed by atoms with E-state index in [1.54, 1.807) is 0 Å². The summed E-state index contributed by atoms with van der Waals surface area (Å²) in [7, 11) is 3.83. The Morgan fingerprint density at radius 1 is 1.50 bits per heavy atom. The summed E-state index contributed by atoms with van der Waals surface area (Å²) in [6.07, 6.45) is 2.21. The lowest BCUT2D eigenvalue weighted by atomic mass is 10.1. The quantitative estimate of drug-likeness (QED) is 0.648. The molecule has 1 aromatic heterocycles. The van der Waals surface area contributed by atoms with Gasteiger partial charge in [0.2, 0.25) is 0 Å². The van der Waals surface area contributed by atoms with Crippen molar-refractivity contribution >= 4 is 5.96 Å². The molecular weight excluding hydrogens is 250 g/mol. The molecule has 0 spiro atoms. The Hall–Kier alpha value is -1.52. The zero-order chi connectivity index (χ0) is 14.9. The standard InChI is InChI=1S/C15H27N5/c1-9-7-14(9)18-15(16-5)17-10(2)8-13-11(3)19-20(6)12(13)4/h9-10,14H,7-8H2,1-6H3,(H2,16,17,18). The van der Waals surface area contributed by atoms with E-state index in [2.05, 4.69) is 48.4 Å². The maximum atomic E-state index is 4.47. The molecule has 0 aromatic carbocycles. The van der Waals surface area contributed by atoms with Crippen molar-refractivity contribution in [1.82, 2.24) is 20.4 Å². The third-order valence-corrected chi connectivity index (χ3v) is 4.21. The fourth-order valence-corrected chi connectivity index (χ4v) is 2.57. The summed E-state index contributed by atoms with van der Waals surface area (Å²) in [6, 6.07) is 0.923. The molecule has 5 heteroatoms. The van der Waals surface area contributed by atoms with Gasteiger partial charge in [0.1, 0.15) is 0 Å². The Bertz CT molecular complexity index is 503. The van der Waals surface area contributed by atoms with Crippen LogP contribution >= 0.6 is 0 Å². The molecule has 1 aromatic rings. The Kier molecular flexibility index (Phi) is 4.35. The van der Waals surface area contributed by atoms with Crippen LogP contribution in [0.15, 0.2) is 4.99 Å². The van der Waals surface area contributed by atoms with E-state index in [0.29, 0.717) is 12.1 Å². The number of aliphatic imine (C=N–C) groups is 1. The van der Waals surface area contributed by atoms with Crippen LogP contribution in [0.5, 0.6) is 0 Å². The number of nitrogens with one attached hydrogen (secondary N) is 2. The first-order valence-electron chi connectivity index (χ1n) is 7.41. The molecule has 2 rings (SSSR count). The molecule has 0 aliphatic heterocycles. The van der Waals surface area contributed by atoms with E-state index >= 15 is 0 Å². The van der Waals surface area contributed by atoms with Crippen LogP contribution in [0.1, 0.15) is 37.2 Å². The molecule has 1 fully saturated rings. The van der Waals surface area contributed by atoms with Crippen LogP contribution in [0.25, 0.3) is 0 Å². The normalized spacial score (nSPS) is 23.6. The van der Waals surface area contributed by atoms with Crippen LogP contribution in [-0.2, 0) is 13.5 Å². The summed E-state index contributed by atoms with van der Waals surface area (Å²) in [5, 5.41) is 11.4. The molecule has 0 saturated heterocycles. The van der Waals surface area contributed by atoms with Crippen LogP contribution in [0.3, 0.4) is 0 Å². The molecule has 2 N–H and O–H groups in total. The van der Waals surface area contributed by atoms with E-state index in [4.69, 9.17) is 0 Å². The summed E-state index contributed by atoms with van der Waals surface area (Å²) in [6.45, 7) is 8.65. The van der Waals surface area contributed by atoms with Crippen LogP contribution < -0.4 is 10.6 Å². The Balaban J connectivity index is 1.92. The SMILES string of the molecule is CN=C(NC(C)Cc1c(C)nn(C)c1C)NC1CC1C. The molecule has 1 aliphatic carbocycles. The van der Waals surface area contributed by atoms with Gasteiger partial charge in [0.05, 0.1) is 5.69 Å². The average Bonchev–Trinajstić information content (AvgIpc) is 3.03. The maximum absolute atomic E-state index is 4.47. The molecule has 3 atom stereocenters. The molecule has 112 valence electrons. The molecule has 3 unspecified atom stereocenters. The van der Waals surface area contributed by atoms with Gasteiger partial charge in [-0.1, -0.05) is 6.92 Å². The van der Waals surface area contributed by atoms with Crippen molar-refractivity contribution in [1.29, 1.82) is 0 Å². The van der Waals surface area contributed by atoms with Gasteiger partial charge in [0.15, 0.2) is 5.96 Å². The van der Waals surface area contributed by atoms with Gasteiger partial charge in [-0.05, 0) is 45.1 Å². The van der Waals surface area contributed by atoms with Gasteiger partial charge in [-0.25, -0.2) is 0 Å². The van der Waals surface area contributed by atoms with E-state index in [9.17, 15) is 0 Å². The van der Waals surface area contributed by atoms with Crippen molar-refractivity contribution < 1.29 is 0 Å². The molecule has 5 nitrogen and oxygen atoms in total. The number of nitrogens with zero attached hydrogens (tertiary/aromatic N) is 3. The molecule has 0 amide bonds. The minimum absolute atomic E-state index is 0.330. The largest absolute Gasteiger partial charge is 0.354 e. The second-order valence-electron chi connectivity index (χ2n) is 6.06. The molecule has 1 heterocycles. The zero-order valence-corrected chi connectivity index (χ0v) is 13.5. The van der Waals surface area contributed by atoms with Gasteiger partial charge >= 0.3 is 0 Å². The lowest BCUT2D eigenvalue weighted by Gasteiger charge is -2.18. The number of hydrogen-bond donors (Lipinski definition) is 2. The predicted molar refractivity (Wildman–Crippen MR) is 83.0 cm³/mol. The van der Waals surface area contributed by atoms with Crippen molar-refractivity contribution in [2.75, 3.05) is 7.05 Å². The lowest BCUT2D eigenvalue weighted by molar-refractivity contribution is 0.631. The fraction of sp³-hybridized carbons (Fsp3) is 0.733. The second-order valence-corrected chi connectivity index (χ2v) is 6.06. The zero-order valence-electron chi connectivity index (χ0n) is 13.5. The number of aryl methyl sites for hydroxylation is 2. The minimum Gasteiger partial charge on any atom is -0.354 e. The first kappa shape index (κ1) is 14.9. The third-order valence-electron chi connectivity index (χ3n) is 4.21. The van der Waals surface area contributed by atoms with E-state index in [0.717, 1.165) is 24.0 Å². The van der Waals surface area contributed by atoms with E-state index in [1.165, 1.54) is 17.7 Å². The topological polar surface area (TPSA) is 54.2 Å². The van der Waals surface area contributed by atoms with Crippen LogP contribution in [-0.4, -0.2) is 34.9 Å². The van der Waals surface area contributed by atoms with Gasteiger partial charge in [-0.2, -0.15) is 5.10 Å². The molecule has 1 aliphatic rings. The first-order valence-corrected chi connectivity index (χ1v) is 7.41. The van der Waals surface area contributed by atoms with Crippen molar-refractivity contribution in [3.8, 4) is 0 Å². The summed E-state index contributed by atoms with van der Waals surface area (Å²) in [4.78, 5) is 4.31. The highest BCUT2D eigenvalue weighted by atomic mass is 15.3. The van der Waals surface area contributed by atoms with E-state index < -0.39 is 0 Å². The Morgan fingerprint density at radius 2 is 2.15 bits per heavy atom. The number of hydrogen-bond acceptors (Lipinski definition) is 2. The van der Waals surface area contributed by atoms with Gasteiger partial charge in [0, 0.05) is 31.9 Å². The van der Waals surface area contributed by atoms with Gasteiger partial charge in [-0.15, -0.1) is 0 Å². The Labute approximate surface area is 121 Å². The van der Waals surface area contributed by atoms with Crippen molar-refractivity contribution in [3.05, 3.63) is 17.0 Å². The molecule has 20 heavy (non-hydrogen) atoms. The lowest BCUT2D eigenvalue weighted by Crippen LogP contribution is -2.44. The third kappa shape index (κ3) is 3.32. The van der Waals surface area contributed by atoms with Gasteiger partial charge in [-0.3, -0.25) is 9.67 Å². The summed E-state index contributed by atoms with van der Waals surface area (Å²) < 4.78 is 1.95. The van der Waals surface area contributed by atoms with Crippen molar-refractivity contribution in [2.24, 2.45) is 18.0 Å². The molecule has 0 radical (unpaired) electrons. The van der Waals surface area contributed by atoms with E-state index in [-0.39, 0.29) is 0 Å². The molecule has 1 saturated carbocycles. The maximum Gasteiger partial charge on any atom is 0.191 e. The van der Waals surface area contributed by atoms with Crippen molar-refractivity contribution in [2.45, 2.75) is 52.6 Å². The summed E-state index contributed by atoms with van der Waals surface area (Å²) >= 11 is 0. The number of rotatable bonds is 4. The number of guanidine groups is 1. The molecule has 0 bridgehead atoms. The fourth-order valence-electron chi connectivity index (χ4n) is 2.57. The Morgan fingerprint density at radius 3 is 2.60 bits per heavy atom. The number of aromatic nitrogens is 2. The van der Waals surface area contributed by atoms with Gasteiger partial charge in [0.25, 0.3) is 0 Å². The second kappa shape index (κ2) is 5.85. The van der Waals surface area contributed by atoms with Gasteiger partial charge < -0.3 is 10.6 Å². The van der Waals surface area contributed by atoms with Crippen molar-refractivity contribution in [3.63, 3.8) is 0 Å². The predicted octanol–water partition coefficient (Wildman–Crippen LogP) is 1.54. The highest BCUT2D eigenvalue weighted by Crippen LogP contribution is 2.28.